The lowest BCUT2D eigenvalue weighted by molar-refractivity contribution is 0.669. The van der Waals surface area contributed by atoms with Gasteiger partial charge in [0.1, 0.15) is 11.2 Å². The van der Waals surface area contributed by atoms with E-state index in [0.29, 0.717) is 11.3 Å². The smallest absolute Gasteiger partial charge is 0.210 e. The Balaban J connectivity index is 1.23. The Bertz CT molecular complexity index is 3030. The molecule has 0 aliphatic carbocycles. The minimum Gasteiger partial charge on any atom is -0.456 e. The molecule has 10 rings (SSSR count). The Labute approximate surface area is 280 Å². The van der Waals surface area contributed by atoms with E-state index < -0.39 is 0 Å². The van der Waals surface area contributed by atoms with Gasteiger partial charge in [-0.25, -0.2) is 4.85 Å². The van der Waals surface area contributed by atoms with Gasteiger partial charge in [-0.15, -0.1) is 0 Å². The summed E-state index contributed by atoms with van der Waals surface area (Å²) < 4.78 is 10.7. The van der Waals surface area contributed by atoms with E-state index in [1.54, 1.807) is 0 Å². The molecular formula is C44H24N4O. The lowest BCUT2D eigenvalue weighted by Crippen LogP contribution is -1.97. The van der Waals surface area contributed by atoms with Gasteiger partial charge in [0, 0.05) is 38.0 Å². The minimum absolute atomic E-state index is 0.556. The molecule has 0 saturated carbocycles. The fourth-order valence-electron chi connectivity index (χ4n) is 7.60. The molecule has 7 aromatic carbocycles. The first kappa shape index (κ1) is 27.1. The zero-order chi connectivity index (χ0) is 32.6. The first-order chi connectivity index (χ1) is 24.2. The second kappa shape index (κ2) is 10.2. The van der Waals surface area contributed by atoms with Gasteiger partial charge in [0.25, 0.3) is 0 Å². The Kier molecular flexibility index (Phi) is 5.64. The standard InChI is InChI=1S/C44H24N4O/c1-46-37-19-18-28(23-42(37)48-39-15-7-2-10-31(39)32-11-3-8-16-40(32)48)29-20-27(26-45)21-30(22-29)47-38-14-6-4-12-33(38)35-25-44-36(24-41(35)47)34-13-5-9-17-43(34)49-44/h2-25H. The number of aromatic nitrogens is 2. The maximum Gasteiger partial charge on any atom is 0.210 e. The molecule has 0 spiro atoms. The van der Waals surface area contributed by atoms with Crippen molar-refractivity contribution in [3.63, 3.8) is 0 Å². The third-order valence-electron chi connectivity index (χ3n) is 9.73. The number of para-hydroxylation sites is 4. The summed E-state index contributed by atoms with van der Waals surface area (Å²) in [6, 6.07) is 51.9. The van der Waals surface area contributed by atoms with Crippen molar-refractivity contribution < 1.29 is 4.42 Å². The van der Waals surface area contributed by atoms with Crippen LogP contribution in [0.15, 0.2) is 150 Å². The SMILES string of the molecule is [C-]#[N+]c1ccc(-c2cc(C#N)cc(-n3c4ccccc4c4cc5oc6ccccc6c5cc43)c2)cc1-n1c2ccccc2c2ccccc21. The summed E-state index contributed by atoms with van der Waals surface area (Å²) in [5.41, 5.74) is 10.5. The van der Waals surface area contributed by atoms with Crippen molar-refractivity contribution in [1.82, 2.24) is 9.13 Å². The van der Waals surface area contributed by atoms with E-state index in [2.05, 4.69) is 105 Å². The Morgan fingerprint density at radius 3 is 1.84 bits per heavy atom. The van der Waals surface area contributed by atoms with Gasteiger partial charge in [0.05, 0.1) is 46.0 Å². The van der Waals surface area contributed by atoms with Gasteiger partial charge in [-0.05, 0) is 71.8 Å². The summed E-state index contributed by atoms with van der Waals surface area (Å²) in [4.78, 5) is 3.94. The van der Waals surface area contributed by atoms with E-state index in [0.717, 1.165) is 88.1 Å². The highest BCUT2D eigenvalue weighted by Crippen LogP contribution is 2.41. The highest BCUT2D eigenvalue weighted by atomic mass is 16.3. The summed E-state index contributed by atoms with van der Waals surface area (Å²) in [5.74, 6) is 0. The average molecular weight is 625 g/mol. The van der Waals surface area contributed by atoms with Crippen molar-refractivity contribution in [3.8, 4) is 28.6 Å². The van der Waals surface area contributed by atoms with Crippen molar-refractivity contribution in [2.45, 2.75) is 0 Å². The predicted molar refractivity (Wildman–Crippen MR) is 199 cm³/mol. The molecule has 0 unspecified atom stereocenters. The van der Waals surface area contributed by atoms with E-state index in [9.17, 15) is 5.26 Å². The lowest BCUT2D eigenvalue weighted by atomic mass is 10.0. The molecule has 0 atom stereocenters. The molecule has 0 radical (unpaired) electrons. The van der Waals surface area contributed by atoms with E-state index in [1.165, 1.54) is 0 Å². The van der Waals surface area contributed by atoms with Crippen LogP contribution in [0.5, 0.6) is 0 Å². The number of hydrogen-bond donors (Lipinski definition) is 0. The summed E-state index contributed by atoms with van der Waals surface area (Å²) >= 11 is 0. The molecule has 0 amide bonds. The molecule has 0 fully saturated rings. The second-order valence-corrected chi connectivity index (χ2v) is 12.4. The molecule has 49 heavy (non-hydrogen) atoms. The van der Waals surface area contributed by atoms with Crippen molar-refractivity contribution in [1.29, 1.82) is 5.26 Å². The van der Waals surface area contributed by atoms with Crippen LogP contribution in [0.25, 0.3) is 92.9 Å². The Hall–Kier alpha value is -7.08. The molecule has 5 nitrogen and oxygen atoms in total. The first-order valence-electron chi connectivity index (χ1n) is 16.1. The minimum atomic E-state index is 0.556. The van der Waals surface area contributed by atoms with Crippen LogP contribution >= 0.6 is 0 Å². The van der Waals surface area contributed by atoms with Crippen LogP contribution in [0.1, 0.15) is 5.56 Å². The zero-order valence-electron chi connectivity index (χ0n) is 26.1. The summed E-state index contributed by atoms with van der Waals surface area (Å²) in [7, 11) is 0. The maximum atomic E-state index is 10.3. The molecule has 3 heterocycles. The third kappa shape index (κ3) is 3.91. The van der Waals surface area contributed by atoms with Crippen LogP contribution in [0, 0.1) is 17.9 Å². The van der Waals surface area contributed by atoms with E-state index in [-0.39, 0.29) is 0 Å². The van der Waals surface area contributed by atoms with E-state index in [4.69, 9.17) is 11.0 Å². The second-order valence-electron chi connectivity index (χ2n) is 12.4. The molecular weight excluding hydrogens is 601 g/mol. The average Bonchev–Trinajstić information content (AvgIpc) is 3.80. The monoisotopic (exact) mass is 624 g/mol. The predicted octanol–water partition coefficient (Wildman–Crippen LogP) is 11.9. The van der Waals surface area contributed by atoms with Crippen LogP contribution in [-0.2, 0) is 0 Å². The van der Waals surface area contributed by atoms with Crippen LogP contribution in [0.2, 0.25) is 0 Å². The maximum absolute atomic E-state index is 10.3. The number of benzene rings is 7. The number of fused-ring (bicyclic) bond motifs is 9. The molecule has 0 aliphatic rings. The van der Waals surface area contributed by atoms with E-state index in [1.807, 2.05) is 60.7 Å². The highest BCUT2D eigenvalue weighted by Gasteiger charge is 2.19. The third-order valence-corrected chi connectivity index (χ3v) is 9.73. The Morgan fingerprint density at radius 1 is 0.510 bits per heavy atom. The van der Waals surface area contributed by atoms with Crippen LogP contribution in [-0.4, -0.2) is 9.13 Å². The van der Waals surface area contributed by atoms with Gasteiger partial charge >= 0.3 is 0 Å². The van der Waals surface area contributed by atoms with Gasteiger partial charge in [-0.1, -0.05) is 84.9 Å². The largest absolute Gasteiger partial charge is 0.456 e. The first-order valence-corrected chi connectivity index (χ1v) is 16.1. The van der Waals surface area contributed by atoms with Crippen molar-refractivity contribution in [3.05, 3.63) is 163 Å². The lowest BCUT2D eigenvalue weighted by Gasteiger charge is -2.14. The Morgan fingerprint density at radius 2 is 1.14 bits per heavy atom. The number of furan rings is 1. The highest BCUT2D eigenvalue weighted by molar-refractivity contribution is 6.17. The fraction of sp³-hybridized carbons (Fsp3) is 0. The molecule has 0 bridgehead atoms. The van der Waals surface area contributed by atoms with Crippen molar-refractivity contribution in [2.24, 2.45) is 0 Å². The van der Waals surface area contributed by atoms with Crippen LogP contribution in [0.4, 0.5) is 5.69 Å². The summed E-state index contributed by atoms with van der Waals surface area (Å²) in [5, 5.41) is 16.9. The van der Waals surface area contributed by atoms with Crippen LogP contribution in [0.3, 0.4) is 0 Å². The van der Waals surface area contributed by atoms with Crippen molar-refractivity contribution >= 4 is 71.2 Å². The number of nitrogens with zero attached hydrogens (tertiary/aromatic N) is 4. The quantitative estimate of drug-likeness (QED) is 0.184. The summed E-state index contributed by atoms with van der Waals surface area (Å²) in [6.45, 7) is 8.08. The van der Waals surface area contributed by atoms with Crippen LogP contribution < -0.4 is 0 Å². The molecule has 0 N–H and O–H groups in total. The van der Waals surface area contributed by atoms with Gasteiger partial charge < -0.3 is 13.6 Å². The molecule has 226 valence electrons. The number of rotatable bonds is 3. The number of nitriles is 1. The fourth-order valence-corrected chi connectivity index (χ4v) is 7.60. The van der Waals surface area contributed by atoms with E-state index >= 15 is 0 Å². The number of hydrogen-bond acceptors (Lipinski definition) is 2. The normalized spacial score (nSPS) is 11.6. The van der Waals surface area contributed by atoms with Gasteiger partial charge in [-0.2, -0.15) is 5.26 Å². The topological polar surface area (TPSA) is 51.1 Å². The molecule has 0 saturated heterocycles. The van der Waals surface area contributed by atoms with Crippen molar-refractivity contribution in [2.75, 3.05) is 0 Å². The molecule has 0 aliphatic heterocycles. The summed E-state index contributed by atoms with van der Waals surface area (Å²) in [6.07, 6.45) is 0. The molecule has 10 aromatic rings. The van der Waals surface area contributed by atoms with Gasteiger partial charge in [-0.3, -0.25) is 0 Å². The van der Waals surface area contributed by atoms with Gasteiger partial charge in [0.15, 0.2) is 0 Å². The van der Waals surface area contributed by atoms with Gasteiger partial charge in [0.2, 0.25) is 5.69 Å². The zero-order valence-corrected chi connectivity index (χ0v) is 26.1. The molecule has 5 heteroatoms. The molecule has 3 aromatic heterocycles.